The van der Waals surface area contributed by atoms with Crippen molar-refractivity contribution >= 4 is 17.2 Å². The third kappa shape index (κ3) is 4.39. The van der Waals surface area contributed by atoms with Crippen LogP contribution in [0.2, 0.25) is 0 Å². The molecule has 23 heavy (non-hydrogen) atoms. The normalized spacial score (nSPS) is 21.3. The van der Waals surface area contributed by atoms with Gasteiger partial charge >= 0.3 is 0 Å². The van der Waals surface area contributed by atoms with E-state index < -0.39 is 0 Å². The molecule has 2 atom stereocenters. The summed E-state index contributed by atoms with van der Waals surface area (Å²) in [5.74, 6) is 1.32. The van der Waals surface area contributed by atoms with E-state index in [0.29, 0.717) is 17.6 Å². The zero-order chi connectivity index (χ0) is 16.1. The summed E-state index contributed by atoms with van der Waals surface area (Å²) >= 11 is 1.57. The highest BCUT2D eigenvalue weighted by atomic mass is 32.1. The molecule has 0 unspecified atom stereocenters. The third-order valence-electron chi connectivity index (χ3n) is 4.14. The van der Waals surface area contributed by atoms with Crippen LogP contribution >= 0.6 is 11.3 Å². The average Bonchev–Trinajstić information content (AvgIpc) is 3.23. The molecule has 1 aliphatic rings. The Balaban J connectivity index is 1.42. The van der Waals surface area contributed by atoms with Gasteiger partial charge in [0.1, 0.15) is 6.61 Å². The van der Waals surface area contributed by atoms with Crippen molar-refractivity contribution in [1.29, 1.82) is 0 Å². The second-order valence-corrected chi connectivity index (χ2v) is 6.70. The largest absolute Gasteiger partial charge is 0.368 e. The number of rotatable bonds is 6. The molecule has 2 aromatic rings. The van der Waals surface area contributed by atoms with Crippen molar-refractivity contribution in [2.45, 2.75) is 45.3 Å². The maximum Gasteiger partial charge on any atom is 0.258 e. The fourth-order valence-corrected chi connectivity index (χ4v) is 3.40. The standard InChI is InChI=1S/C16H21N3O3S/c1-11-4-2-3-5-13(11)21-9-15(20)17-8-14-18-16(22-19-14)12-6-7-23-10-12/h6-7,10-11,13H,2-5,8-9H2,1H3,(H,17,20)/t11-,13+/m1/s1. The summed E-state index contributed by atoms with van der Waals surface area (Å²) in [6.07, 6.45) is 4.87. The lowest BCUT2D eigenvalue weighted by atomic mass is 9.88. The number of carbonyl (C=O) groups is 1. The smallest absolute Gasteiger partial charge is 0.258 e. The van der Waals surface area contributed by atoms with E-state index in [-0.39, 0.29) is 25.2 Å². The van der Waals surface area contributed by atoms with Gasteiger partial charge in [-0.3, -0.25) is 4.79 Å². The van der Waals surface area contributed by atoms with Crippen LogP contribution in [0.3, 0.4) is 0 Å². The highest BCUT2D eigenvalue weighted by molar-refractivity contribution is 7.08. The average molecular weight is 335 g/mol. The number of nitrogens with zero attached hydrogens (tertiary/aromatic N) is 2. The molecule has 0 aliphatic heterocycles. The lowest BCUT2D eigenvalue weighted by Crippen LogP contribution is -2.33. The van der Waals surface area contributed by atoms with E-state index >= 15 is 0 Å². The molecule has 1 aliphatic carbocycles. The molecule has 6 nitrogen and oxygen atoms in total. The first-order valence-electron chi connectivity index (χ1n) is 7.96. The predicted molar refractivity (Wildman–Crippen MR) is 86.8 cm³/mol. The predicted octanol–water partition coefficient (Wildman–Crippen LogP) is 3.01. The Kier molecular flexibility index (Phi) is 5.40. The topological polar surface area (TPSA) is 77.2 Å². The SMILES string of the molecule is C[C@@H]1CCCC[C@@H]1OCC(=O)NCc1noc(-c2ccsc2)n1. The Bertz CT molecular complexity index is 626. The van der Waals surface area contributed by atoms with Gasteiger partial charge in [-0.15, -0.1) is 0 Å². The summed E-state index contributed by atoms with van der Waals surface area (Å²) in [6, 6.07) is 1.92. The van der Waals surface area contributed by atoms with Gasteiger partial charge in [0.25, 0.3) is 5.89 Å². The van der Waals surface area contributed by atoms with Crippen LogP contribution in [0, 0.1) is 5.92 Å². The summed E-state index contributed by atoms with van der Waals surface area (Å²) < 4.78 is 10.9. The summed E-state index contributed by atoms with van der Waals surface area (Å²) in [7, 11) is 0. The Morgan fingerprint density at radius 3 is 3.13 bits per heavy atom. The van der Waals surface area contributed by atoms with E-state index in [4.69, 9.17) is 9.26 Å². The molecule has 0 saturated heterocycles. The van der Waals surface area contributed by atoms with Crippen LogP contribution in [0.5, 0.6) is 0 Å². The Morgan fingerprint density at radius 2 is 2.35 bits per heavy atom. The molecule has 1 amide bonds. The summed E-state index contributed by atoms with van der Waals surface area (Å²) in [5, 5.41) is 10.5. The van der Waals surface area contributed by atoms with Gasteiger partial charge in [-0.05, 0) is 30.2 Å². The quantitative estimate of drug-likeness (QED) is 0.878. The minimum Gasteiger partial charge on any atom is -0.368 e. The lowest BCUT2D eigenvalue weighted by Gasteiger charge is -2.28. The molecule has 2 aromatic heterocycles. The molecule has 0 aromatic carbocycles. The van der Waals surface area contributed by atoms with Gasteiger partial charge in [0, 0.05) is 5.38 Å². The molecule has 0 spiro atoms. The van der Waals surface area contributed by atoms with Gasteiger partial charge in [-0.2, -0.15) is 16.3 Å². The Morgan fingerprint density at radius 1 is 1.48 bits per heavy atom. The van der Waals surface area contributed by atoms with Crippen molar-refractivity contribution in [1.82, 2.24) is 15.5 Å². The molecule has 0 radical (unpaired) electrons. The van der Waals surface area contributed by atoms with Crippen LogP contribution < -0.4 is 5.32 Å². The fourth-order valence-electron chi connectivity index (χ4n) is 2.77. The number of amides is 1. The monoisotopic (exact) mass is 335 g/mol. The van der Waals surface area contributed by atoms with Gasteiger partial charge in [0.15, 0.2) is 5.82 Å². The second kappa shape index (κ2) is 7.70. The molecule has 2 heterocycles. The molecule has 7 heteroatoms. The van der Waals surface area contributed by atoms with Crippen LogP contribution in [0.25, 0.3) is 11.5 Å². The molecule has 3 rings (SSSR count). The maximum atomic E-state index is 11.9. The summed E-state index contributed by atoms with van der Waals surface area (Å²) in [6.45, 7) is 2.52. The lowest BCUT2D eigenvalue weighted by molar-refractivity contribution is -0.129. The van der Waals surface area contributed by atoms with E-state index in [1.807, 2.05) is 16.8 Å². The number of thiophene rings is 1. The number of nitrogens with one attached hydrogen (secondary N) is 1. The first kappa shape index (κ1) is 16.1. The van der Waals surface area contributed by atoms with Crippen LogP contribution in [-0.4, -0.2) is 28.8 Å². The molecule has 0 bridgehead atoms. The van der Waals surface area contributed by atoms with Crippen LogP contribution in [0.4, 0.5) is 0 Å². The minimum atomic E-state index is -0.148. The molecular formula is C16H21N3O3S. The number of carbonyl (C=O) groups excluding carboxylic acids is 1. The number of hydrogen-bond acceptors (Lipinski definition) is 6. The zero-order valence-corrected chi connectivity index (χ0v) is 14.0. The third-order valence-corrected chi connectivity index (χ3v) is 4.82. The van der Waals surface area contributed by atoms with Gasteiger partial charge in [-0.25, -0.2) is 0 Å². The summed E-state index contributed by atoms with van der Waals surface area (Å²) in [4.78, 5) is 16.1. The van der Waals surface area contributed by atoms with Crippen molar-refractivity contribution in [2.75, 3.05) is 6.61 Å². The highest BCUT2D eigenvalue weighted by Gasteiger charge is 2.22. The number of hydrogen-bond donors (Lipinski definition) is 1. The van der Waals surface area contributed by atoms with Gasteiger partial charge in [0.05, 0.1) is 18.2 Å². The number of ether oxygens (including phenoxy) is 1. The Hall–Kier alpha value is -1.73. The van der Waals surface area contributed by atoms with E-state index in [9.17, 15) is 4.79 Å². The molecular weight excluding hydrogens is 314 g/mol. The van der Waals surface area contributed by atoms with Gasteiger partial charge < -0.3 is 14.6 Å². The van der Waals surface area contributed by atoms with Crippen LogP contribution in [-0.2, 0) is 16.1 Å². The zero-order valence-electron chi connectivity index (χ0n) is 13.2. The van der Waals surface area contributed by atoms with Crippen LogP contribution in [0.15, 0.2) is 21.3 Å². The van der Waals surface area contributed by atoms with Crippen molar-refractivity contribution in [2.24, 2.45) is 5.92 Å². The van der Waals surface area contributed by atoms with E-state index in [1.165, 1.54) is 19.3 Å². The maximum absolute atomic E-state index is 11.9. The first-order valence-corrected chi connectivity index (χ1v) is 8.90. The molecule has 1 saturated carbocycles. The van der Waals surface area contributed by atoms with Crippen molar-refractivity contribution in [3.63, 3.8) is 0 Å². The van der Waals surface area contributed by atoms with Crippen LogP contribution in [0.1, 0.15) is 38.4 Å². The first-order chi connectivity index (χ1) is 11.2. The van der Waals surface area contributed by atoms with Crippen molar-refractivity contribution < 1.29 is 14.1 Å². The highest BCUT2D eigenvalue weighted by Crippen LogP contribution is 2.26. The number of aromatic nitrogens is 2. The molecule has 124 valence electrons. The summed E-state index contributed by atoms with van der Waals surface area (Å²) in [5.41, 5.74) is 0.898. The Labute approximate surface area is 139 Å². The second-order valence-electron chi connectivity index (χ2n) is 5.92. The van der Waals surface area contributed by atoms with Gasteiger partial charge in [0.2, 0.25) is 5.91 Å². The minimum absolute atomic E-state index is 0.0875. The van der Waals surface area contributed by atoms with Gasteiger partial charge in [-0.1, -0.05) is 24.9 Å². The van der Waals surface area contributed by atoms with E-state index in [1.54, 1.807) is 11.3 Å². The molecule has 1 N–H and O–H groups in total. The van der Waals surface area contributed by atoms with E-state index in [0.717, 1.165) is 12.0 Å². The molecule has 1 fully saturated rings. The van der Waals surface area contributed by atoms with E-state index in [2.05, 4.69) is 22.4 Å². The fraction of sp³-hybridized carbons (Fsp3) is 0.562. The van der Waals surface area contributed by atoms with Crippen molar-refractivity contribution in [3.8, 4) is 11.5 Å². The van der Waals surface area contributed by atoms with Crippen molar-refractivity contribution in [3.05, 3.63) is 22.7 Å².